The van der Waals surface area contributed by atoms with Crippen molar-refractivity contribution in [3.8, 4) is 10.6 Å². The first-order chi connectivity index (χ1) is 10.6. The van der Waals surface area contributed by atoms with E-state index in [-0.39, 0.29) is 5.91 Å². The van der Waals surface area contributed by atoms with Crippen LogP contribution in [0, 0.1) is 6.92 Å². The monoisotopic (exact) mass is 373 g/mol. The SMILES string of the molecule is Cc1ccccc1C(=O)Nc1nnc(-c2ccc(Br)cc2)s1. The summed E-state index contributed by atoms with van der Waals surface area (Å²) in [4.78, 5) is 12.2. The van der Waals surface area contributed by atoms with E-state index in [4.69, 9.17) is 0 Å². The van der Waals surface area contributed by atoms with Crippen molar-refractivity contribution in [2.24, 2.45) is 0 Å². The molecule has 1 amide bonds. The van der Waals surface area contributed by atoms with Gasteiger partial charge in [0, 0.05) is 15.6 Å². The van der Waals surface area contributed by atoms with Crippen LogP contribution in [0.5, 0.6) is 0 Å². The number of halogens is 1. The van der Waals surface area contributed by atoms with Gasteiger partial charge in [0.05, 0.1) is 0 Å². The summed E-state index contributed by atoms with van der Waals surface area (Å²) in [6.07, 6.45) is 0. The van der Waals surface area contributed by atoms with Crippen molar-refractivity contribution >= 4 is 38.3 Å². The van der Waals surface area contributed by atoms with Gasteiger partial charge in [-0.05, 0) is 30.7 Å². The summed E-state index contributed by atoms with van der Waals surface area (Å²) in [7, 11) is 0. The minimum Gasteiger partial charge on any atom is -0.296 e. The summed E-state index contributed by atoms with van der Waals surface area (Å²) < 4.78 is 1.01. The van der Waals surface area contributed by atoms with Crippen molar-refractivity contribution in [3.63, 3.8) is 0 Å². The molecule has 0 aliphatic rings. The second-order valence-corrected chi connectivity index (χ2v) is 6.58. The molecule has 0 saturated heterocycles. The van der Waals surface area contributed by atoms with Crippen LogP contribution in [-0.4, -0.2) is 16.1 Å². The lowest BCUT2D eigenvalue weighted by atomic mass is 10.1. The third-order valence-electron chi connectivity index (χ3n) is 3.13. The second-order valence-electron chi connectivity index (χ2n) is 4.69. The molecule has 0 radical (unpaired) electrons. The van der Waals surface area contributed by atoms with Crippen LogP contribution in [0.15, 0.2) is 53.0 Å². The van der Waals surface area contributed by atoms with Crippen molar-refractivity contribution in [1.29, 1.82) is 0 Å². The van der Waals surface area contributed by atoms with Crippen LogP contribution in [0.4, 0.5) is 5.13 Å². The first-order valence-electron chi connectivity index (χ1n) is 6.60. The number of rotatable bonds is 3. The summed E-state index contributed by atoms with van der Waals surface area (Å²) in [6, 6.07) is 15.3. The van der Waals surface area contributed by atoms with Gasteiger partial charge in [-0.1, -0.05) is 57.6 Å². The summed E-state index contributed by atoms with van der Waals surface area (Å²) in [5, 5.41) is 12.2. The number of hydrogen-bond acceptors (Lipinski definition) is 4. The van der Waals surface area contributed by atoms with Gasteiger partial charge in [-0.15, -0.1) is 10.2 Å². The number of carbonyl (C=O) groups excluding carboxylic acids is 1. The predicted molar refractivity (Wildman–Crippen MR) is 92.2 cm³/mol. The van der Waals surface area contributed by atoms with E-state index in [9.17, 15) is 4.79 Å². The lowest BCUT2D eigenvalue weighted by Crippen LogP contribution is -2.12. The van der Waals surface area contributed by atoms with E-state index < -0.39 is 0 Å². The normalized spacial score (nSPS) is 10.5. The minimum absolute atomic E-state index is 0.170. The highest BCUT2D eigenvalue weighted by Gasteiger charge is 2.12. The van der Waals surface area contributed by atoms with Gasteiger partial charge in [0.25, 0.3) is 5.91 Å². The van der Waals surface area contributed by atoms with E-state index in [1.807, 2.05) is 49.4 Å². The summed E-state index contributed by atoms with van der Waals surface area (Å²) in [5.74, 6) is -0.170. The Bertz CT molecular complexity index is 814. The van der Waals surface area contributed by atoms with Crippen LogP contribution >= 0.6 is 27.3 Å². The molecule has 110 valence electrons. The molecule has 2 aromatic carbocycles. The van der Waals surface area contributed by atoms with Gasteiger partial charge in [-0.2, -0.15) is 0 Å². The number of aromatic nitrogens is 2. The maximum atomic E-state index is 12.2. The molecule has 1 N–H and O–H groups in total. The van der Waals surface area contributed by atoms with Crippen molar-refractivity contribution in [1.82, 2.24) is 10.2 Å². The number of nitrogens with one attached hydrogen (secondary N) is 1. The number of nitrogens with zero attached hydrogens (tertiary/aromatic N) is 2. The zero-order chi connectivity index (χ0) is 15.5. The molecule has 6 heteroatoms. The first kappa shape index (κ1) is 14.9. The van der Waals surface area contributed by atoms with Crippen molar-refractivity contribution < 1.29 is 4.79 Å². The number of benzene rings is 2. The van der Waals surface area contributed by atoms with E-state index in [0.29, 0.717) is 10.7 Å². The second kappa shape index (κ2) is 6.37. The van der Waals surface area contributed by atoms with Crippen LogP contribution in [0.3, 0.4) is 0 Å². The van der Waals surface area contributed by atoms with Gasteiger partial charge in [0.15, 0.2) is 0 Å². The van der Waals surface area contributed by atoms with Crippen molar-refractivity contribution in [2.45, 2.75) is 6.92 Å². The Morgan fingerprint density at radius 3 is 2.55 bits per heavy atom. The lowest BCUT2D eigenvalue weighted by Gasteiger charge is -2.03. The molecule has 1 aromatic heterocycles. The molecule has 0 atom stereocenters. The number of carbonyl (C=O) groups is 1. The Kier molecular flexibility index (Phi) is 4.31. The Morgan fingerprint density at radius 1 is 1.09 bits per heavy atom. The fourth-order valence-corrected chi connectivity index (χ4v) is 2.98. The molecule has 0 fully saturated rings. The highest BCUT2D eigenvalue weighted by Crippen LogP contribution is 2.27. The molecule has 1 heterocycles. The topological polar surface area (TPSA) is 54.9 Å². The maximum absolute atomic E-state index is 12.2. The third kappa shape index (κ3) is 3.23. The zero-order valence-corrected chi connectivity index (χ0v) is 14.1. The van der Waals surface area contributed by atoms with Crippen LogP contribution < -0.4 is 5.32 Å². The van der Waals surface area contributed by atoms with Crippen LogP contribution in [0.2, 0.25) is 0 Å². The molecule has 0 saturated carbocycles. The molecule has 0 unspecified atom stereocenters. The molecule has 0 spiro atoms. The van der Waals surface area contributed by atoms with Gasteiger partial charge < -0.3 is 0 Å². The van der Waals surface area contributed by atoms with E-state index in [0.717, 1.165) is 20.6 Å². The third-order valence-corrected chi connectivity index (χ3v) is 4.54. The van der Waals surface area contributed by atoms with E-state index in [2.05, 4.69) is 31.4 Å². The van der Waals surface area contributed by atoms with Gasteiger partial charge in [0.2, 0.25) is 5.13 Å². The summed E-state index contributed by atoms with van der Waals surface area (Å²) in [5.41, 5.74) is 2.54. The number of aryl methyl sites for hydroxylation is 1. The molecule has 3 rings (SSSR count). The average molecular weight is 374 g/mol. The average Bonchev–Trinajstić information content (AvgIpc) is 2.97. The number of hydrogen-bond donors (Lipinski definition) is 1. The fourth-order valence-electron chi connectivity index (χ4n) is 1.97. The van der Waals surface area contributed by atoms with Crippen LogP contribution in [0.25, 0.3) is 10.6 Å². The molecule has 22 heavy (non-hydrogen) atoms. The predicted octanol–water partition coefficient (Wildman–Crippen LogP) is 4.53. The van der Waals surface area contributed by atoms with Gasteiger partial charge >= 0.3 is 0 Å². The van der Waals surface area contributed by atoms with Gasteiger partial charge in [0.1, 0.15) is 5.01 Å². The van der Waals surface area contributed by atoms with Gasteiger partial charge in [-0.3, -0.25) is 10.1 Å². The molecular formula is C16H12BrN3OS. The van der Waals surface area contributed by atoms with Crippen LogP contribution in [0.1, 0.15) is 15.9 Å². The molecule has 0 bridgehead atoms. The van der Waals surface area contributed by atoms with Gasteiger partial charge in [-0.25, -0.2) is 0 Å². The standard InChI is InChI=1S/C16H12BrN3OS/c1-10-4-2-3-5-13(10)14(21)18-16-20-19-15(22-16)11-6-8-12(17)9-7-11/h2-9H,1H3,(H,18,20,21). The molecule has 3 aromatic rings. The Balaban J connectivity index is 1.78. The number of anilines is 1. The van der Waals surface area contributed by atoms with E-state index >= 15 is 0 Å². The lowest BCUT2D eigenvalue weighted by molar-refractivity contribution is 0.102. The zero-order valence-electron chi connectivity index (χ0n) is 11.7. The Labute approximate surface area is 140 Å². The summed E-state index contributed by atoms with van der Waals surface area (Å²) in [6.45, 7) is 1.91. The molecule has 0 aliphatic heterocycles. The minimum atomic E-state index is -0.170. The Hall–Kier alpha value is -2.05. The first-order valence-corrected chi connectivity index (χ1v) is 8.21. The fraction of sp³-hybridized carbons (Fsp3) is 0.0625. The Morgan fingerprint density at radius 2 is 1.82 bits per heavy atom. The summed E-state index contributed by atoms with van der Waals surface area (Å²) >= 11 is 4.75. The molecule has 4 nitrogen and oxygen atoms in total. The maximum Gasteiger partial charge on any atom is 0.257 e. The van der Waals surface area contributed by atoms with E-state index in [1.165, 1.54) is 11.3 Å². The molecular weight excluding hydrogens is 362 g/mol. The quantitative estimate of drug-likeness (QED) is 0.733. The van der Waals surface area contributed by atoms with Crippen molar-refractivity contribution in [3.05, 3.63) is 64.1 Å². The highest BCUT2D eigenvalue weighted by molar-refractivity contribution is 9.10. The van der Waals surface area contributed by atoms with Crippen LogP contribution in [-0.2, 0) is 0 Å². The highest BCUT2D eigenvalue weighted by atomic mass is 79.9. The number of amides is 1. The van der Waals surface area contributed by atoms with E-state index in [1.54, 1.807) is 6.07 Å². The molecule has 0 aliphatic carbocycles. The largest absolute Gasteiger partial charge is 0.296 e. The van der Waals surface area contributed by atoms with Crippen molar-refractivity contribution in [2.75, 3.05) is 5.32 Å². The smallest absolute Gasteiger partial charge is 0.257 e.